The average molecular weight is 769 g/mol. The van der Waals surface area contributed by atoms with E-state index in [0.717, 1.165) is 6.20 Å². The number of aromatic nitrogens is 4. The van der Waals surface area contributed by atoms with Gasteiger partial charge >= 0.3 is 0 Å². The third-order valence-corrected chi connectivity index (χ3v) is 6.37. The predicted molar refractivity (Wildman–Crippen MR) is 166 cm³/mol. The number of nitriles is 1. The van der Waals surface area contributed by atoms with Crippen LogP contribution in [0.25, 0.3) is 55.9 Å². The van der Waals surface area contributed by atoms with E-state index in [1.54, 1.807) is 30.3 Å². The van der Waals surface area contributed by atoms with Crippen LogP contribution in [-0.2, 0) is 20.1 Å². The minimum Gasteiger partial charge on any atom is -0.500 e. The summed E-state index contributed by atoms with van der Waals surface area (Å²) in [5.41, 5.74) is 1.69. The number of nitrogens with zero attached hydrogens (tertiary/aromatic N) is 5. The van der Waals surface area contributed by atoms with Crippen molar-refractivity contribution in [1.82, 2.24) is 20.2 Å². The average Bonchev–Trinajstić information content (AvgIpc) is 3.79. The van der Waals surface area contributed by atoms with Gasteiger partial charge in [-0.15, -0.1) is 63.8 Å². The normalized spacial score (nSPS) is 17.1. The van der Waals surface area contributed by atoms with E-state index in [1.807, 2.05) is 6.07 Å². The summed E-state index contributed by atoms with van der Waals surface area (Å²) >= 11 is 0. The van der Waals surface area contributed by atoms with Crippen molar-refractivity contribution in [2.45, 2.75) is 34.3 Å². The van der Waals surface area contributed by atoms with Crippen molar-refractivity contribution in [3.8, 4) is 40.0 Å². The first-order valence-electron chi connectivity index (χ1n) is 20.0. The number of rotatable bonds is 3. The molecular formula is C36H27IrN5O2-2. The van der Waals surface area contributed by atoms with Crippen LogP contribution in [0.2, 0.25) is 0 Å². The second-order valence-corrected chi connectivity index (χ2v) is 9.12. The number of furan rings is 1. The van der Waals surface area contributed by atoms with E-state index in [9.17, 15) is 5.26 Å². The molecule has 0 saturated carbocycles. The van der Waals surface area contributed by atoms with Crippen molar-refractivity contribution >= 4 is 21.9 Å². The molecule has 0 unspecified atom stereocenters. The minimum atomic E-state index is -2.73. The van der Waals surface area contributed by atoms with Gasteiger partial charge in [0.1, 0.15) is 11.7 Å². The summed E-state index contributed by atoms with van der Waals surface area (Å²) in [6.07, 6.45) is 2.31. The molecule has 4 aromatic heterocycles. The fourth-order valence-electron chi connectivity index (χ4n) is 4.35. The molecule has 0 aliphatic heterocycles. The smallest absolute Gasteiger partial charge is 0.252 e. The van der Waals surface area contributed by atoms with Crippen LogP contribution in [0.1, 0.15) is 54.3 Å². The van der Waals surface area contributed by atoms with Crippen molar-refractivity contribution in [3.63, 3.8) is 0 Å². The molecule has 7 aromatic rings. The van der Waals surface area contributed by atoms with Gasteiger partial charge in [0.15, 0.2) is 0 Å². The van der Waals surface area contributed by atoms with Gasteiger partial charge < -0.3 is 18.8 Å². The van der Waals surface area contributed by atoms with E-state index in [-0.39, 0.29) is 81.8 Å². The maximum atomic E-state index is 9.70. The number of aryl methyl sites for hydroxylation is 5. The molecule has 0 N–H and O–H groups in total. The number of fused-ring (bicyclic) bond motifs is 3. The van der Waals surface area contributed by atoms with Gasteiger partial charge in [-0.2, -0.15) is 5.26 Å². The summed E-state index contributed by atoms with van der Waals surface area (Å²) in [5, 5.41) is 18.2. The van der Waals surface area contributed by atoms with Crippen LogP contribution in [0.3, 0.4) is 0 Å². The van der Waals surface area contributed by atoms with Crippen molar-refractivity contribution in [2.24, 2.45) is 0 Å². The zero-order valence-electron chi connectivity index (χ0n) is 37.3. The topological polar surface area (TPSA) is 102 Å². The summed E-state index contributed by atoms with van der Waals surface area (Å²) in [7, 11) is 0. The van der Waals surface area contributed by atoms with Crippen LogP contribution in [-0.4, -0.2) is 20.2 Å². The van der Waals surface area contributed by atoms with Crippen LogP contribution in [0.5, 0.6) is 0 Å². The summed E-state index contributed by atoms with van der Waals surface area (Å²) in [4.78, 5) is 8.27. The minimum absolute atomic E-state index is 0. The molecule has 0 amide bonds. The quantitative estimate of drug-likeness (QED) is 0.166. The summed E-state index contributed by atoms with van der Waals surface area (Å²) < 4.78 is 124. The Balaban J connectivity index is 0.000000267. The van der Waals surface area contributed by atoms with Crippen LogP contribution in [0, 0.1) is 57.7 Å². The molecule has 0 bridgehead atoms. The SMILES string of the molecule is [2H]C([2H])([2H])c1c[c-]c(-c2ccc(C([2H])([2H])[2H])cn2)cc1.[2H]C([2H])([2H])c1nnc(-c2c(C#N)ccc3c2oc2c(-c4cc(C([2H])([2H])[2H])c(C([2H])([2H])[2H])cn4)[c-]ccc23)o1.[Ir]. The first-order valence-corrected chi connectivity index (χ1v) is 12.5. The largest absolute Gasteiger partial charge is 0.500 e. The van der Waals surface area contributed by atoms with Gasteiger partial charge in [-0.05, 0) is 49.1 Å². The van der Waals surface area contributed by atoms with Gasteiger partial charge in [0.2, 0.25) is 5.89 Å². The molecule has 0 spiro atoms. The van der Waals surface area contributed by atoms with E-state index in [0.29, 0.717) is 22.0 Å². The zero-order valence-corrected chi connectivity index (χ0v) is 24.7. The zero-order chi connectivity index (χ0) is 42.6. The van der Waals surface area contributed by atoms with Crippen LogP contribution < -0.4 is 0 Å². The maximum Gasteiger partial charge on any atom is 0.252 e. The Hall–Kier alpha value is -4.96. The second kappa shape index (κ2) is 12.7. The summed E-state index contributed by atoms with van der Waals surface area (Å²) in [5.74, 6) is -0.832. The Morgan fingerprint density at radius 1 is 0.773 bits per heavy atom. The number of hydrogen-bond donors (Lipinski definition) is 0. The molecular weight excluding hydrogens is 727 g/mol. The van der Waals surface area contributed by atoms with E-state index in [1.165, 1.54) is 36.5 Å². The first-order chi connectivity index (χ1) is 26.9. The molecule has 0 atom stereocenters. The van der Waals surface area contributed by atoms with Crippen LogP contribution in [0.15, 0.2) is 81.9 Å². The van der Waals surface area contributed by atoms with Crippen LogP contribution in [0.4, 0.5) is 0 Å². The number of benzene rings is 3. The van der Waals surface area contributed by atoms with Gasteiger partial charge in [0.25, 0.3) is 5.89 Å². The molecule has 4 heterocycles. The van der Waals surface area contributed by atoms with Gasteiger partial charge in [0, 0.05) is 65.3 Å². The van der Waals surface area contributed by atoms with Gasteiger partial charge in [-0.25, -0.2) is 0 Å². The molecule has 0 aliphatic carbocycles. The number of pyridine rings is 2. The van der Waals surface area contributed by atoms with E-state index >= 15 is 0 Å². The first kappa shape index (κ1) is 16.8. The van der Waals surface area contributed by atoms with Crippen molar-refractivity contribution < 1.29 is 49.5 Å². The Kier molecular flexibility index (Phi) is 4.85. The van der Waals surface area contributed by atoms with E-state index in [2.05, 4.69) is 32.3 Å². The molecule has 0 saturated heterocycles. The molecule has 0 fully saturated rings. The third-order valence-electron chi connectivity index (χ3n) is 6.37. The van der Waals surface area contributed by atoms with Gasteiger partial charge in [-0.1, -0.05) is 47.6 Å². The molecule has 7 nitrogen and oxygen atoms in total. The third kappa shape index (κ3) is 5.93. The van der Waals surface area contributed by atoms with Gasteiger partial charge in [-0.3, -0.25) is 0 Å². The Labute approximate surface area is 290 Å². The summed E-state index contributed by atoms with van der Waals surface area (Å²) in [6.45, 7) is -12.4. The fourth-order valence-corrected chi connectivity index (χ4v) is 4.35. The molecule has 8 heteroatoms. The van der Waals surface area contributed by atoms with E-state index in [4.69, 9.17) is 29.4 Å². The van der Waals surface area contributed by atoms with Gasteiger partial charge in [0.05, 0.1) is 16.7 Å². The molecule has 3 aromatic carbocycles. The van der Waals surface area contributed by atoms with Crippen molar-refractivity contribution in [2.75, 3.05) is 0 Å². The predicted octanol–water partition coefficient (Wildman–Crippen LogP) is 8.46. The fraction of sp³-hybridized carbons (Fsp3) is 0.139. The van der Waals surface area contributed by atoms with Crippen LogP contribution >= 0.6 is 0 Å². The monoisotopic (exact) mass is 769 g/mol. The molecule has 219 valence electrons. The van der Waals surface area contributed by atoms with E-state index < -0.39 is 40.2 Å². The maximum absolute atomic E-state index is 9.70. The number of hydrogen-bond acceptors (Lipinski definition) is 7. The Morgan fingerprint density at radius 2 is 1.61 bits per heavy atom. The Morgan fingerprint density at radius 3 is 2.32 bits per heavy atom. The summed E-state index contributed by atoms with van der Waals surface area (Å²) in [6, 6.07) is 23.0. The second-order valence-electron chi connectivity index (χ2n) is 9.12. The molecule has 0 aliphatic rings. The Bertz CT molecular complexity index is 2620. The molecule has 1 radical (unpaired) electrons. The standard InChI is InChI=1S/C23H15N4O2.C13H12N.Ir/c1-12-9-19(25-11-13(12)2)18-6-4-5-16-17-8-7-15(10-24)20(22(17)29-21(16)18)23-27-26-14(3)28-23;1-10-3-6-12(7-4-10)13-8-5-11(2)9-14-13;/h4-5,7-9,11H,1-3H3;3-6,8-9H,1-2H3;/q2*-1;/i1D3,2D3,3D3;1D3,2D3;. The molecule has 7 rings (SSSR count). The molecule has 44 heavy (non-hydrogen) atoms. The van der Waals surface area contributed by atoms with Crippen molar-refractivity contribution in [1.29, 1.82) is 5.26 Å². The van der Waals surface area contributed by atoms with Crippen molar-refractivity contribution in [3.05, 3.63) is 119 Å².